The maximum Gasteiger partial charge on any atom is 0.156 e. The number of carbonyl (C=O) groups is 1. The van der Waals surface area contributed by atoms with Gasteiger partial charge in [0.25, 0.3) is 0 Å². The number of rotatable bonds is 1. The molecule has 0 aliphatic heterocycles. The van der Waals surface area contributed by atoms with Crippen LogP contribution < -0.4 is 0 Å². The molecule has 0 spiro atoms. The molecule has 0 aromatic heterocycles. The van der Waals surface area contributed by atoms with E-state index in [0.717, 1.165) is 19.3 Å². The van der Waals surface area contributed by atoms with Crippen LogP contribution in [0, 0.1) is 6.92 Å². The molecule has 1 heteroatoms. The monoisotopic (exact) mass is 336 g/mol. The number of Topliss-reactive ketones (excluding diaryl/α,β-unsaturated/α-hetero) is 1. The van der Waals surface area contributed by atoms with E-state index in [-0.39, 0.29) is 11.8 Å². The number of carbonyl (C=O) groups excluding carboxylic acids is 1. The Hall–Kier alpha value is -2.67. The van der Waals surface area contributed by atoms with E-state index in [0.29, 0.717) is 5.78 Å². The van der Waals surface area contributed by atoms with Gasteiger partial charge in [-0.15, -0.1) is 0 Å². The zero-order valence-electron chi connectivity index (χ0n) is 14.9. The largest absolute Gasteiger partial charge is 0.298 e. The van der Waals surface area contributed by atoms with Gasteiger partial charge in [0.2, 0.25) is 0 Å². The molecule has 2 atom stereocenters. The highest BCUT2D eigenvalue weighted by Crippen LogP contribution is 2.54. The molecule has 2 aromatic carbocycles. The number of allylic oxidation sites excluding steroid dienone is 8. The SMILES string of the molecule is Cc1ccc2ccc3c4c2c1C(C1=CCC=C1)C(=O)C4C1=CCC=C1C3. The molecule has 0 amide bonds. The van der Waals surface area contributed by atoms with Crippen LogP contribution in [0.25, 0.3) is 10.8 Å². The molecule has 1 nitrogen and oxygen atoms in total. The summed E-state index contributed by atoms with van der Waals surface area (Å²) in [6.07, 6.45) is 14.1. The summed E-state index contributed by atoms with van der Waals surface area (Å²) in [6, 6.07) is 8.92. The summed E-state index contributed by atoms with van der Waals surface area (Å²) in [7, 11) is 0. The van der Waals surface area contributed by atoms with Gasteiger partial charge in [-0.25, -0.2) is 0 Å². The summed E-state index contributed by atoms with van der Waals surface area (Å²) in [5.41, 5.74) is 9.00. The van der Waals surface area contributed by atoms with Crippen molar-refractivity contribution in [2.75, 3.05) is 0 Å². The lowest BCUT2D eigenvalue weighted by atomic mass is 9.63. The van der Waals surface area contributed by atoms with Crippen molar-refractivity contribution in [1.82, 2.24) is 0 Å². The number of ketones is 1. The van der Waals surface area contributed by atoms with E-state index in [1.54, 1.807) is 0 Å². The van der Waals surface area contributed by atoms with Crippen molar-refractivity contribution in [1.29, 1.82) is 0 Å². The lowest BCUT2D eigenvalue weighted by Crippen LogP contribution is -2.32. The van der Waals surface area contributed by atoms with E-state index in [1.165, 1.54) is 49.7 Å². The summed E-state index contributed by atoms with van der Waals surface area (Å²) in [4.78, 5) is 13.9. The maximum atomic E-state index is 13.9. The average molecular weight is 336 g/mol. The molecule has 6 rings (SSSR count). The highest BCUT2D eigenvalue weighted by atomic mass is 16.1. The summed E-state index contributed by atoms with van der Waals surface area (Å²) in [6.45, 7) is 2.16. The average Bonchev–Trinajstić information content (AvgIpc) is 3.32. The van der Waals surface area contributed by atoms with Gasteiger partial charge in [-0.05, 0) is 75.9 Å². The first-order chi connectivity index (χ1) is 12.7. The molecule has 26 heavy (non-hydrogen) atoms. The van der Waals surface area contributed by atoms with Crippen LogP contribution in [-0.4, -0.2) is 5.78 Å². The standard InChI is InChI=1S/C25H20O/c1-14-9-10-16-11-12-18-13-17-7-4-8-19(17)24-22(18)21(16)20(14)23(25(24)26)15-5-2-3-6-15/h2,5-12,23-24H,3-4,13H2,1H3. The van der Waals surface area contributed by atoms with E-state index in [4.69, 9.17) is 0 Å². The summed E-state index contributed by atoms with van der Waals surface area (Å²) < 4.78 is 0. The zero-order chi connectivity index (χ0) is 17.4. The molecule has 0 heterocycles. The Bertz CT molecular complexity index is 1130. The summed E-state index contributed by atoms with van der Waals surface area (Å²) >= 11 is 0. The summed E-state index contributed by atoms with van der Waals surface area (Å²) in [5, 5.41) is 2.63. The third kappa shape index (κ3) is 1.69. The Kier molecular flexibility index (Phi) is 2.76. The number of hydrogen-bond donors (Lipinski definition) is 0. The number of benzene rings is 2. The van der Waals surface area contributed by atoms with E-state index >= 15 is 0 Å². The van der Waals surface area contributed by atoms with Crippen LogP contribution >= 0.6 is 0 Å². The first-order valence-corrected chi connectivity index (χ1v) is 9.59. The minimum Gasteiger partial charge on any atom is -0.298 e. The molecule has 2 unspecified atom stereocenters. The van der Waals surface area contributed by atoms with Crippen molar-refractivity contribution in [3.8, 4) is 0 Å². The van der Waals surface area contributed by atoms with Gasteiger partial charge in [-0.2, -0.15) is 0 Å². The molecule has 0 saturated heterocycles. The van der Waals surface area contributed by atoms with Crippen LogP contribution in [0.2, 0.25) is 0 Å². The van der Waals surface area contributed by atoms with Gasteiger partial charge in [-0.3, -0.25) is 4.79 Å². The van der Waals surface area contributed by atoms with Crippen molar-refractivity contribution >= 4 is 16.6 Å². The normalized spacial score (nSPS) is 25.3. The van der Waals surface area contributed by atoms with Crippen molar-refractivity contribution in [2.24, 2.45) is 0 Å². The smallest absolute Gasteiger partial charge is 0.156 e. The van der Waals surface area contributed by atoms with Crippen molar-refractivity contribution < 1.29 is 4.79 Å². The molecule has 0 fully saturated rings. The van der Waals surface area contributed by atoms with Crippen molar-refractivity contribution in [3.05, 3.63) is 93.6 Å². The number of aryl methyl sites for hydroxylation is 1. The fourth-order valence-electron chi connectivity index (χ4n) is 5.52. The third-order valence-electron chi connectivity index (χ3n) is 6.62. The van der Waals surface area contributed by atoms with Crippen molar-refractivity contribution in [2.45, 2.75) is 38.0 Å². The molecule has 0 N–H and O–H groups in total. The van der Waals surface area contributed by atoms with Crippen molar-refractivity contribution in [3.63, 3.8) is 0 Å². The number of hydrogen-bond acceptors (Lipinski definition) is 1. The van der Waals surface area contributed by atoms with Crippen LogP contribution in [0.3, 0.4) is 0 Å². The first kappa shape index (κ1) is 14.5. The zero-order valence-corrected chi connectivity index (χ0v) is 14.9. The fourth-order valence-corrected chi connectivity index (χ4v) is 5.52. The lowest BCUT2D eigenvalue weighted by Gasteiger charge is -2.38. The second kappa shape index (κ2) is 4.94. The lowest BCUT2D eigenvalue weighted by molar-refractivity contribution is -0.120. The molecule has 0 radical (unpaired) electrons. The van der Waals surface area contributed by atoms with Crippen LogP contribution in [0.15, 0.2) is 71.4 Å². The van der Waals surface area contributed by atoms with Gasteiger partial charge in [0.1, 0.15) is 0 Å². The molecular formula is C25H20O. The number of fused-ring (bicyclic) bond motifs is 2. The predicted octanol–water partition coefficient (Wildman–Crippen LogP) is 5.60. The van der Waals surface area contributed by atoms with E-state index in [9.17, 15) is 4.79 Å². The van der Waals surface area contributed by atoms with Crippen LogP contribution in [0.4, 0.5) is 0 Å². The van der Waals surface area contributed by atoms with Gasteiger partial charge < -0.3 is 0 Å². The minimum atomic E-state index is -0.119. The van der Waals surface area contributed by atoms with Gasteiger partial charge >= 0.3 is 0 Å². The van der Waals surface area contributed by atoms with Gasteiger partial charge in [-0.1, -0.05) is 54.6 Å². The first-order valence-electron chi connectivity index (χ1n) is 9.59. The van der Waals surface area contributed by atoms with Gasteiger partial charge in [0.05, 0.1) is 11.8 Å². The Balaban J connectivity index is 1.77. The Morgan fingerprint density at radius 3 is 2.65 bits per heavy atom. The highest BCUT2D eigenvalue weighted by molar-refractivity contribution is 6.10. The summed E-state index contributed by atoms with van der Waals surface area (Å²) in [5.74, 6) is 0.175. The van der Waals surface area contributed by atoms with E-state index < -0.39 is 0 Å². The maximum absolute atomic E-state index is 13.9. The van der Waals surface area contributed by atoms with Gasteiger partial charge in [0, 0.05) is 0 Å². The topological polar surface area (TPSA) is 17.1 Å². The molecule has 4 aliphatic rings. The molecule has 126 valence electrons. The minimum absolute atomic E-state index is 0.0783. The Morgan fingerprint density at radius 1 is 0.923 bits per heavy atom. The van der Waals surface area contributed by atoms with Crippen LogP contribution in [0.1, 0.15) is 46.9 Å². The third-order valence-corrected chi connectivity index (χ3v) is 6.62. The quantitative estimate of drug-likeness (QED) is 0.663. The molecule has 0 saturated carbocycles. The van der Waals surface area contributed by atoms with E-state index in [1.807, 2.05) is 0 Å². The highest BCUT2D eigenvalue weighted by Gasteiger charge is 2.44. The van der Waals surface area contributed by atoms with E-state index in [2.05, 4.69) is 61.6 Å². The van der Waals surface area contributed by atoms with Crippen LogP contribution in [0.5, 0.6) is 0 Å². The van der Waals surface area contributed by atoms with Crippen LogP contribution in [-0.2, 0) is 11.2 Å². The molecule has 4 aliphatic carbocycles. The second-order valence-corrected chi connectivity index (χ2v) is 7.94. The second-order valence-electron chi connectivity index (χ2n) is 7.94. The molecule has 0 bridgehead atoms. The predicted molar refractivity (Wildman–Crippen MR) is 106 cm³/mol. The molecule has 2 aromatic rings. The Labute approximate surface area is 153 Å². The molecular weight excluding hydrogens is 316 g/mol. The van der Waals surface area contributed by atoms with Gasteiger partial charge in [0.15, 0.2) is 5.78 Å². The Morgan fingerprint density at radius 2 is 1.81 bits per heavy atom. The fraction of sp³-hybridized carbons (Fsp3) is 0.240.